The highest BCUT2D eigenvalue weighted by Gasteiger charge is 2.36. The number of carbonyl (C=O) groups excluding carboxylic acids is 1. The van der Waals surface area contributed by atoms with Gasteiger partial charge in [0.2, 0.25) is 0 Å². The molecular weight excluding hydrogens is 228 g/mol. The van der Waals surface area contributed by atoms with Gasteiger partial charge in [-0.1, -0.05) is 6.92 Å². The molecule has 2 fully saturated rings. The predicted molar refractivity (Wildman–Crippen MR) is 71.6 cm³/mol. The van der Waals surface area contributed by atoms with Gasteiger partial charge in [-0.15, -0.1) is 0 Å². The van der Waals surface area contributed by atoms with E-state index in [0.29, 0.717) is 6.61 Å². The molecule has 1 N–H and O–H groups in total. The van der Waals surface area contributed by atoms with E-state index < -0.39 is 0 Å². The van der Waals surface area contributed by atoms with Crippen LogP contribution in [-0.4, -0.2) is 42.8 Å². The monoisotopic (exact) mass is 254 g/mol. The molecule has 1 aliphatic carbocycles. The van der Waals surface area contributed by atoms with E-state index >= 15 is 0 Å². The lowest BCUT2D eigenvalue weighted by Gasteiger charge is -2.38. The van der Waals surface area contributed by atoms with Crippen molar-refractivity contribution in [2.75, 3.05) is 19.7 Å². The molecule has 0 aromatic carbocycles. The first-order valence-corrected chi connectivity index (χ1v) is 7.42. The lowest BCUT2D eigenvalue weighted by Crippen LogP contribution is -2.51. The summed E-state index contributed by atoms with van der Waals surface area (Å²) in [6.07, 6.45) is 6.02. The smallest absolute Gasteiger partial charge is 0.407 e. The summed E-state index contributed by atoms with van der Waals surface area (Å²) in [5.74, 6) is 0.913. The second-order valence-corrected chi connectivity index (χ2v) is 5.51. The summed E-state index contributed by atoms with van der Waals surface area (Å²) >= 11 is 0. The van der Waals surface area contributed by atoms with Gasteiger partial charge in [-0.2, -0.15) is 0 Å². The molecule has 1 saturated carbocycles. The Kier molecular flexibility index (Phi) is 4.87. The number of nitrogens with zero attached hydrogens (tertiary/aromatic N) is 1. The first-order chi connectivity index (χ1) is 8.74. The van der Waals surface area contributed by atoms with Gasteiger partial charge in [-0.05, 0) is 51.5 Å². The Morgan fingerprint density at radius 1 is 1.39 bits per heavy atom. The van der Waals surface area contributed by atoms with Crippen LogP contribution in [0.3, 0.4) is 0 Å². The van der Waals surface area contributed by atoms with Gasteiger partial charge in [0.25, 0.3) is 0 Å². The van der Waals surface area contributed by atoms with Crippen molar-refractivity contribution in [3.8, 4) is 0 Å². The highest BCUT2D eigenvalue weighted by atomic mass is 16.5. The van der Waals surface area contributed by atoms with Gasteiger partial charge in [0.05, 0.1) is 6.61 Å². The highest BCUT2D eigenvalue weighted by molar-refractivity contribution is 5.67. The van der Waals surface area contributed by atoms with Crippen LogP contribution in [0.2, 0.25) is 0 Å². The van der Waals surface area contributed by atoms with E-state index in [2.05, 4.69) is 17.1 Å². The molecular formula is C14H26N2O2. The molecule has 1 aliphatic heterocycles. The number of ether oxygens (including phenoxy) is 1. The van der Waals surface area contributed by atoms with Crippen LogP contribution >= 0.6 is 0 Å². The van der Waals surface area contributed by atoms with E-state index in [9.17, 15) is 4.79 Å². The van der Waals surface area contributed by atoms with Crippen LogP contribution in [0.5, 0.6) is 0 Å². The molecule has 104 valence electrons. The van der Waals surface area contributed by atoms with Crippen LogP contribution < -0.4 is 5.32 Å². The fourth-order valence-electron chi connectivity index (χ4n) is 3.14. The number of likely N-dealkylation sites (tertiary alicyclic amines) is 1. The number of alkyl carbamates (subject to hydrolysis) is 1. The van der Waals surface area contributed by atoms with Gasteiger partial charge < -0.3 is 10.1 Å². The van der Waals surface area contributed by atoms with Gasteiger partial charge in [-0.3, -0.25) is 4.90 Å². The predicted octanol–water partition coefficient (Wildman–Crippen LogP) is 2.39. The summed E-state index contributed by atoms with van der Waals surface area (Å²) in [7, 11) is 0. The Balaban J connectivity index is 1.81. The number of hydrogen-bond donors (Lipinski definition) is 1. The molecule has 0 aromatic rings. The van der Waals surface area contributed by atoms with Crippen molar-refractivity contribution in [1.82, 2.24) is 10.2 Å². The van der Waals surface area contributed by atoms with E-state index in [-0.39, 0.29) is 12.1 Å². The second-order valence-electron chi connectivity index (χ2n) is 5.51. The van der Waals surface area contributed by atoms with Gasteiger partial charge in [0.15, 0.2) is 0 Å². The second kappa shape index (κ2) is 6.41. The summed E-state index contributed by atoms with van der Waals surface area (Å²) in [6.45, 7) is 6.75. The molecule has 2 unspecified atom stereocenters. The maximum Gasteiger partial charge on any atom is 0.407 e. The minimum atomic E-state index is -0.260. The molecule has 1 saturated heterocycles. The maximum atomic E-state index is 11.5. The number of nitrogens with one attached hydrogen (secondary N) is 1. The van der Waals surface area contributed by atoms with Crippen LogP contribution in [-0.2, 0) is 4.74 Å². The molecule has 2 aliphatic rings. The molecule has 4 nitrogen and oxygen atoms in total. The zero-order valence-corrected chi connectivity index (χ0v) is 11.7. The quantitative estimate of drug-likeness (QED) is 0.819. The number of amides is 1. The highest BCUT2D eigenvalue weighted by Crippen LogP contribution is 2.37. The van der Waals surface area contributed by atoms with Gasteiger partial charge in [-0.25, -0.2) is 4.79 Å². The molecule has 2 rings (SSSR count). The first-order valence-electron chi connectivity index (χ1n) is 7.42. The molecule has 1 amide bonds. The molecule has 4 heteroatoms. The minimum Gasteiger partial charge on any atom is -0.450 e. The van der Waals surface area contributed by atoms with Crippen LogP contribution in [0, 0.1) is 5.92 Å². The van der Waals surface area contributed by atoms with Crippen molar-refractivity contribution in [3.63, 3.8) is 0 Å². The average molecular weight is 254 g/mol. The Hall–Kier alpha value is -0.770. The van der Waals surface area contributed by atoms with Gasteiger partial charge in [0.1, 0.15) is 0 Å². The maximum absolute atomic E-state index is 11.5. The molecule has 0 radical (unpaired) electrons. The number of carbonyl (C=O) groups is 1. The molecule has 2 atom stereocenters. The third-order valence-electron chi connectivity index (χ3n) is 4.10. The standard InChI is InChI=1S/C14H26N2O2/c1-3-13(11-7-8-11)16-9-5-6-12(10-16)15-14(17)18-4-2/h11-13H,3-10H2,1-2H3,(H,15,17). The normalized spacial score (nSPS) is 26.7. The van der Waals surface area contributed by atoms with E-state index in [1.165, 1.54) is 32.2 Å². The topological polar surface area (TPSA) is 41.6 Å². The summed E-state index contributed by atoms with van der Waals surface area (Å²) in [5, 5.41) is 2.99. The number of piperidine rings is 1. The Morgan fingerprint density at radius 3 is 2.78 bits per heavy atom. The SMILES string of the molecule is CCOC(=O)NC1CCCN(C(CC)C2CC2)C1. The fourth-order valence-corrected chi connectivity index (χ4v) is 3.14. The van der Waals surface area contributed by atoms with Crippen molar-refractivity contribution in [3.05, 3.63) is 0 Å². The molecule has 1 heterocycles. The van der Waals surface area contributed by atoms with Crippen LogP contribution in [0.4, 0.5) is 4.79 Å². The lowest BCUT2D eigenvalue weighted by molar-refractivity contribution is 0.107. The van der Waals surface area contributed by atoms with E-state index in [0.717, 1.165) is 24.9 Å². The van der Waals surface area contributed by atoms with Crippen LogP contribution in [0.25, 0.3) is 0 Å². The van der Waals surface area contributed by atoms with Crippen molar-refractivity contribution in [1.29, 1.82) is 0 Å². The Morgan fingerprint density at radius 2 is 2.17 bits per heavy atom. The van der Waals surface area contributed by atoms with Crippen LogP contribution in [0.1, 0.15) is 46.0 Å². The zero-order chi connectivity index (χ0) is 13.0. The van der Waals surface area contributed by atoms with Crippen molar-refractivity contribution < 1.29 is 9.53 Å². The third-order valence-corrected chi connectivity index (χ3v) is 4.10. The summed E-state index contributed by atoms with van der Waals surface area (Å²) in [4.78, 5) is 14.0. The zero-order valence-electron chi connectivity index (χ0n) is 11.7. The van der Waals surface area contributed by atoms with Crippen molar-refractivity contribution >= 4 is 6.09 Å². The van der Waals surface area contributed by atoms with E-state index in [4.69, 9.17) is 4.74 Å². The first kappa shape index (κ1) is 13.7. The molecule has 0 bridgehead atoms. The Labute approximate surface area is 110 Å². The molecule has 0 aromatic heterocycles. The summed E-state index contributed by atoms with van der Waals surface area (Å²) in [6, 6.07) is 1.00. The van der Waals surface area contributed by atoms with E-state index in [1.807, 2.05) is 6.92 Å². The van der Waals surface area contributed by atoms with Gasteiger partial charge in [0, 0.05) is 18.6 Å². The third kappa shape index (κ3) is 3.61. The summed E-state index contributed by atoms with van der Waals surface area (Å²) in [5.41, 5.74) is 0. The molecule has 18 heavy (non-hydrogen) atoms. The molecule has 0 spiro atoms. The van der Waals surface area contributed by atoms with E-state index in [1.54, 1.807) is 0 Å². The van der Waals surface area contributed by atoms with Crippen molar-refractivity contribution in [2.24, 2.45) is 5.92 Å². The van der Waals surface area contributed by atoms with Crippen LogP contribution in [0.15, 0.2) is 0 Å². The Bertz CT molecular complexity index is 279. The van der Waals surface area contributed by atoms with Crippen molar-refractivity contribution in [2.45, 2.75) is 58.0 Å². The van der Waals surface area contributed by atoms with Gasteiger partial charge >= 0.3 is 6.09 Å². The summed E-state index contributed by atoms with van der Waals surface area (Å²) < 4.78 is 4.96. The fraction of sp³-hybridized carbons (Fsp3) is 0.929. The average Bonchev–Trinajstić information content (AvgIpc) is 3.15. The largest absolute Gasteiger partial charge is 0.450 e. The lowest BCUT2D eigenvalue weighted by atomic mass is 10.0. The minimum absolute atomic E-state index is 0.260. The number of rotatable bonds is 5. The number of hydrogen-bond acceptors (Lipinski definition) is 3.